The topological polar surface area (TPSA) is 44.5 Å². The van der Waals surface area contributed by atoms with Gasteiger partial charge in [0, 0.05) is 16.5 Å². The molecule has 0 heterocycles. The second-order valence-electron chi connectivity index (χ2n) is 4.36. The van der Waals surface area contributed by atoms with E-state index in [0.717, 1.165) is 22.6 Å². The van der Waals surface area contributed by atoms with Crippen molar-refractivity contribution >= 4 is 11.8 Å². The van der Waals surface area contributed by atoms with E-state index in [-0.39, 0.29) is 6.04 Å². The van der Waals surface area contributed by atoms with Crippen LogP contribution in [0.15, 0.2) is 47.4 Å². The predicted molar refractivity (Wildman–Crippen MR) is 83.8 cm³/mol. The molecule has 0 aliphatic rings. The van der Waals surface area contributed by atoms with Crippen molar-refractivity contribution in [3.8, 4) is 11.5 Å². The summed E-state index contributed by atoms with van der Waals surface area (Å²) >= 11 is 1.72. The molecule has 1 unspecified atom stereocenters. The van der Waals surface area contributed by atoms with E-state index in [9.17, 15) is 0 Å². The van der Waals surface area contributed by atoms with Gasteiger partial charge in [-0.3, -0.25) is 0 Å². The summed E-state index contributed by atoms with van der Waals surface area (Å²) in [4.78, 5) is 1.22. The number of thioether (sulfide) groups is 1. The van der Waals surface area contributed by atoms with Crippen molar-refractivity contribution in [3.63, 3.8) is 0 Å². The van der Waals surface area contributed by atoms with Crippen molar-refractivity contribution in [2.45, 2.75) is 10.9 Å². The summed E-state index contributed by atoms with van der Waals surface area (Å²) < 4.78 is 10.6. The first kappa shape index (κ1) is 14.8. The van der Waals surface area contributed by atoms with Gasteiger partial charge in [0.2, 0.25) is 0 Å². The Labute approximate surface area is 124 Å². The molecule has 0 amide bonds. The third kappa shape index (κ3) is 3.08. The van der Waals surface area contributed by atoms with Gasteiger partial charge < -0.3 is 15.2 Å². The molecule has 0 fully saturated rings. The number of hydrogen-bond acceptors (Lipinski definition) is 4. The molecule has 4 heteroatoms. The molecule has 2 N–H and O–H groups in total. The van der Waals surface area contributed by atoms with Gasteiger partial charge in [0.1, 0.15) is 11.5 Å². The quantitative estimate of drug-likeness (QED) is 0.856. The molecule has 0 bridgehead atoms. The fourth-order valence-electron chi connectivity index (χ4n) is 2.07. The molecule has 2 aromatic carbocycles. The minimum Gasteiger partial charge on any atom is -0.497 e. The van der Waals surface area contributed by atoms with Crippen LogP contribution < -0.4 is 15.2 Å². The van der Waals surface area contributed by atoms with Gasteiger partial charge in [-0.25, -0.2) is 0 Å². The molecule has 0 spiro atoms. The minimum atomic E-state index is -0.216. The molecule has 0 saturated carbocycles. The molecule has 20 heavy (non-hydrogen) atoms. The third-order valence-electron chi connectivity index (χ3n) is 3.25. The zero-order valence-electron chi connectivity index (χ0n) is 11.9. The fraction of sp³-hybridized carbons (Fsp3) is 0.250. The molecule has 2 rings (SSSR count). The van der Waals surface area contributed by atoms with Crippen LogP contribution in [-0.4, -0.2) is 20.5 Å². The van der Waals surface area contributed by atoms with Crippen molar-refractivity contribution < 1.29 is 9.47 Å². The highest BCUT2D eigenvalue weighted by atomic mass is 32.2. The standard InChI is InChI=1S/C16H19NO2S/c1-18-12-6-9-14(15(10-12)19-2)16(17)11-4-7-13(20-3)8-5-11/h4-10,16H,17H2,1-3H3. The lowest BCUT2D eigenvalue weighted by Gasteiger charge is -2.17. The van der Waals surface area contributed by atoms with E-state index in [4.69, 9.17) is 15.2 Å². The zero-order valence-corrected chi connectivity index (χ0v) is 12.7. The number of rotatable bonds is 5. The summed E-state index contributed by atoms with van der Waals surface area (Å²) in [6.07, 6.45) is 2.06. The number of benzene rings is 2. The van der Waals surface area contributed by atoms with Gasteiger partial charge in [0.15, 0.2) is 0 Å². The van der Waals surface area contributed by atoms with Gasteiger partial charge in [0.25, 0.3) is 0 Å². The highest BCUT2D eigenvalue weighted by Crippen LogP contribution is 2.32. The maximum Gasteiger partial charge on any atom is 0.127 e. The maximum absolute atomic E-state index is 6.35. The van der Waals surface area contributed by atoms with Crippen LogP contribution in [0, 0.1) is 0 Å². The summed E-state index contributed by atoms with van der Waals surface area (Å²) in [6, 6.07) is 13.8. The molecular weight excluding hydrogens is 270 g/mol. The largest absolute Gasteiger partial charge is 0.497 e. The van der Waals surface area contributed by atoms with Gasteiger partial charge in [-0.05, 0) is 36.1 Å². The van der Waals surface area contributed by atoms with E-state index >= 15 is 0 Å². The van der Waals surface area contributed by atoms with Gasteiger partial charge >= 0.3 is 0 Å². The van der Waals surface area contributed by atoms with Crippen LogP contribution in [0.5, 0.6) is 11.5 Å². The Balaban J connectivity index is 2.33. The lowest BCUT2D eigenvalue weighted by atomic mass is 9.98. The fourth-order valence-corrected chi connectivity index (χ4v) is 2.47. The molecule has 1 atom stereocenters. The van der Waals surface area contributed by atoms with Crippen LogP contribution in [0.2, 0.25) is 0 Å². The lowest BCUT2D eigenvalue weighted by molar-refractivity contribution is 0.390. The maximum atomic E-state index is 6.35. The van der Waals surface area contributed by atoms with Gasteiger partial charge in [-0.1, -0.05) is 12.1 Å². The average molecular weight is 289 g/mol. The van der Waals surface area contributed by atoms with E-state index in [1.54, 1.807) is 26.0 Å². The molecule has 0 radical (unpaired) electrons. The molecule has 0 saturated heterocycles. The van der Waals surface area contributed by atoms with Crippen LogP contribution >= 0.6 is 11.8 Å². The highest BCUT2D eigenvalue weighted by Gasteiger charge is 2.14. The summed E-state index contributed by atoms with van der Waals surface area (Å²) in [5, 5.41) is 0. The van der Waals surface area contributed by atoms with Crippen LogP contribution in [0.4, 0.5) is 0 Å². The van der Waals surface area contributed by atoms with Crippen molar-refractivity contribution in [1.29, 1.82) is 0 Å². The van der Waals surface area contributed by atoms with E-state index in [1.807, 2.05) is 18.2 Å². The van der Waals surface area contributed by atoms with Gasteiger partial charge in [-0.15, -0.1) is 11.8 Å². The van der Waals surface area contributed by atoms with Crippen LogP contribution in [0.25, 0.3) is 0 Å². The first-order valence-corrected chi connectivity index (χ1v) is 7.53. The molecule has 3 nitrogen and oxygen atoms in total. The molecule has 106 valence electrons. The highest BCUT2D eigenvalue weighted by molar-refractivity contribution is 7.98. The zero-order chi connectivity index (χ0) is 14.5. The second kappa shape index (κ2) is 6.68. The van der Waals surface area contributed by atoms with E-state index in [0.29, 0.717) is 0 Å². The second-order valence-corrected chi connectivity index (χ2v) is 5.24. The van der Waals surface area contributed by atoms with E-state index in [2.05, 4.69) is 30.5 Å². The molecule has 0 aromatic heterocycles. The number of ether oxygens (including phenoxy) is 2. The van der Waals surface area contributed by atoms with E-state index < -0.39 is 0 Å². The van der Waals surface area contributed by atoms with Crippen LogP contribution in [0.3, 0.4) is 0 Å². The van der Waals surface area contributed by atoms with Crippen molar-refractivity contribution in [2.75, 3.05) is 20.5 Å². The molecule has 0 aliphatic carbocycles. The normalized spacial score (nSPS) is 12.0. The van der Waals surface area contributed by atoms with Gasteiger partial charge in [0.05, 0.1) is 20.3 Å². The molecule has 2 aromatic rings. The molecule has 0 aliphatic heterocycles. The van der Waals surface area contributed by atoms with Crippen LogP contribution in [0.1, 0.15) is 17.2 Å². The summed E-state index contributed by atoms with van der Waals surface area (Å²) in [5.41, 5.74) is 8.36. The number of nitrogens with two attached hydrogens (primary N) is 1. The Morgan fingerprint density at radius 3 is 2.25 bits per heavy atom. The van der Waals surface area contributed by atoms with Crippen molar-refractivity contribution in [2.24, 2.45) is 5.73 Å². The smallest absolute Gasteiger partial charge is 0.127 e. The number of methoxy groups -OCH3 is 2. The average Bonchev–Trinajstić information content (AvgIpc) is 2.53. The van der Waals surface area contributed by atoms with Crippen molar-refractivity contribution in [1.82, 2.24) is 0 Å². The van der Waals surface area contributed by atoms with Crippen molar-refractivity contribution in [3.05, 3.63) is 53.6 Å². The first-order chi connectivity index (χ1) is 9.69. The summed E-state index contributed by atoms with van der Waals surface area (Å²) in [7, 11) is 3.28. The summed E-state index contributed by atoms with van der Waals surface area (Å²) in [5.74, 6) is 1.50. The Kier molecular flexibility index (Phi) is 4.93. The third-order valence-corrected chi connectivity index (χ3v) is 3.99. The van der Waals surface area contributed by atoms with Crippen LogP contribution in [-0.2, 0) is 0 Å². The first-order valence-electron chi connectivity index (χ1n) is 6.31. The Hall–Kier alpha value is -1.65. The Bertz CT molecular complexity index is 569. The SMILES string of the molecule is COc1ccc(C(N)c2ccc(SC)cc2)c(OC)c1. The predicted octanol–water partition coefficient (Wildman–Crippen LogP) is 3.47. The summed E-state index contributed by atoms with van der Waals surface area (Å²) in [6.45, 7) is 0. The molecular formula is C16H19NO2S. The minimum absolute atomic E-state index is 0.216. The lowest BCUT2D eigenvalue weighted by Crippen LogP contribution is -2.13. The van der Waals surface area contributed by atoms with Gasteiger partial charge in [-0.2, -0.15) is 0 Å². The Morgan fingerprint density at radius 1 is 1.00 bits per heavy atom. The monoisotopic (exact) mass is 289 g/mol. The van der Waals surface area contributed by atoms with E-state index in [1.165, 1.54) is 4.90 Å². The number of hydrogen-bond donors (Lipinski definition) is 1. The Morgan fingerprint density at radius 2 is 1.70 bits per heavy atom.